The number of thioether (sulfide) groups is 1. The molecule has 0 saturated carbocycles. The second-order valence-electron chi connectivity index (χ2n) is 5.53. The number of imide groups is 1. The maximum atomic E-state index is 12.4. The van der Waals surface area contributed by atoms with Crippen LogP contribution in [-0.4, -0.2) is 61.5 Å². The van der Waals surface area contributed by atoms with Gasteiger partial charge in [-0.25, -0.2) is 4.79 Å². The van der Waals surface area contributed by atoms with E-state index in [2.05, 4.69) is 4.74 Å². The van der Waals surface area contributed by atoms with Gasteiger partial charge >= 0.3 is 5.97 Å². The largest absolute Gasteiger partial charge is 0.467 e. The van der Waals surface area contributed by atoms with Gasteiger partial charge in [0.2, 0.25) is 0 Å². The Morgan fingerprint density at radius 1 is 1.32 bits per heavy atom. The number of anilines is 1. The van der Waals surface area contributed by atoms with Crippen LogP contribution in [0.1, 0.15) is 12.7 Å². The molecule has 0 bridgehead atoms. The van der Waals surface area contributed by atoms with Crippen molar-refractivity contribution in [3.8, 4) is 0 Å². The summed E-state index contributed by atoms with van der Waals surface area (Å²) in [6.45, 7) is 4.20. The van der Waals surface area contributed by atoms with E-state index >= 15 is 0 Å². The maximum Gasteiger partial charge on any atom is 0.328 e. The molecule has 1 aromatic heterocycles. The lowest BCUT2D eigenvalue weighted by atomic mass is 10.3. The Hall–Kier alpha value is -2.26. The summed E-state index contributed by atoms with van der Waals surface area (Å²) in [4.78, 5) is 39.3. The number of carbonyl (C=O) groups is 3. The van der Waals surface area contributed by atoms with Crippen LogP contribution in [0.5, 0.6) is 0 Å². The van der Waals surface area contributed by atoms with Crippen LogP contribution in [0.3, 0.4) is 0 Å². The molecule has 0 spiro atoms. The molecule has 3 rings (SSSR count). The molecule has 0 aromatic carbocycles. The van der Waals surface area contributed by atoms with Crippen LogP contribution in [-0.2, 0) is 19.1 Å². The fraction of sp³-hybridized carbons (Fsp3) is 0.438. The Bertz CT molecular complexity index is 722. The van der Waals surface area contributed by atoms with Crippen molar-refractivity contribution in [1.29, 1.82) is 0 Å². The fourth-order valence-electron chi connectivity index (χ4n) is 2.59. The van der Waals surface area contributed by atoms with E-state index in [9.17, 15) is 14.4 Å². The number of hydrogen-bond donors (Lipinski definition) is 0. The number of furan rings is 1. The Balaban J connectivity index is 1.76. The average molecular weight is 366 g/mol. The molecule has 1 atom stereocenters. The van der Waals surface area contributed by atoms with Gasteiger partial charge in [0.05, 0.1) is 25.2 Å². The highest BCUT2D eigenvalue weighted by Crippen LogP contribution is 2.34. The second kappa shape index (κ2) is 7.32. The molecule has 0 aliphatic carbocycles. The van der Waals surface area contributed by atoms with E-state index in [1.807, 2.05) is 11.0 Å². The van der Waals surface area contributed by atoms with Crippen molar-refractivity contribution in [2.45, 2.75) is 13.0 Å². The van der Waals surface area contributed by atoms with Crippen LogP contribution in [0.25, 0.3) is 6.08 Å². The van der Waals surface area contributed by atoms with Crippen molar-refractivity contribution in [3.63, 3.8) is 0 Å². The lowest BCUT2D eigenvalue weighted by molar-refractivity contribution is -0.148. The Kier molecular flexibility index (Phi) is 5.14. The zero-order valence-electron chi connectivity index (χ0n) is 13.9. The molecule has 2 fully saturated rings. The molecule has 2 aliphatic heterocycles. The summed E-state index contributed by atoms with van der Waals surface area (Å²) in [7, 11) is 1.21. The van der Waals surface area contributed by atoms with Crippen molar-refractivity contribution in [1.82, 2.24) is 4.90 Å². The average Bonchev–Trinajstić information content (AvgIpc) is 3.19. The second-order valence-corrected chi connectivity index (χ2v) is 6.52. The lowest BCUT2D eigenvalue weighted by Gasteiger charge is -2.26. The van der Waals surface area contributed by atoms with E-state index in [-0.39, 0.29) is 4.91 Å². The Morgan fingerprint density at radius 2 is 2.04 bits per heavy atom. The van der Waals surface area contributed by atoms with Gasteiger partial charge in [-0.1, -0.05) is 0 Å². The minimum atomic E-state index is -0.969. The first kappa shape index (κ1) is 17.6. The predicted octanol–water partition coefficient (Wildman–Crippen LogP) is 1.71. The number of esters is 1. The molecule has 2 saturated heterocycles. The van der Waals surface area contributed by atoms with Gasteiger partial charge in [0.1, 0.15) is 11.8 Å². The molecule has 0 radical (unpaired) electrons. The summed E-state index contributed by atoms with van der Waals surface area (Å²) < 4.78 is 15.6. The van der Waals surface area contributed by atoms with Crippen molar-refractivity contribution < 1.29 is 28.3 Å². The fourth-order valence-corrected chi connectivity index (χ4v) is 3.48. The summed E-state index contributed by atoms with van der Waals surface area (Å²) in [5.41, 5.74) is 0. The first-order valence-corrected chi connectivity index (χ1v) is 8.60. The molecule has 0 unspecified atom stereocenters. The topological polar surface area (TPSA) is 89.3 Å². The Morgan fingerprint density at radius 3 is 2.72 bits per heavy atom. The third-order valence-corrected chi connectivity index (χ3v) is 4.85. The highest BCUT2D eigenvalue weighted by Gasteiger charge is 2.41. The molecule has 2 aliphatic rings. The van der Waals surface area contributed by atoms with E-state index < -0.39 is 23.2 Å². The van der Waals surface area contributed by atoms with Gasteiger partial charge in [-0.3, -0.25) is 14.5 Å². The number of nitrogens with zero attached hydrogens (tertiary/aromatic N) is 2. The monoisotopic (exact) mass is 366 g/mol. The van der Waals surface area contributed by atoms with Crippen molar-refractivity contribution in [2.75, 3.05) is 38.3 Å². The minimum Gasteiger partial charge on any atom is -0.467 e. The number of amides is 2. The van der Waals surface area contributed by atoms with E-state index in [0.29, 0.717) is 24.9 Å². The zero-order chi connectivity index (χ0) is 18.0. The van der Waals surface area contributed by atoms with Gasteiger partial charge in [-0.05, 0) is 24.8 Å². The summed E-state index contributed by atoms with van der Waals surface area (Å²) in [6.07, 6.45) is 1.51. The standard InChI is InChI=1S/C16H18N2O6S/c1-10(15(20)22-2)18-14(19)12(25-16(18)21)9-11-3-4-13(24-11)17-5-7-23-8-6-17/h3-4,9-10H,5-8H2,1-2H3/t10-/m0/s1. The van der Waals surface area contributed by atoms with Crippen molar-refractivity contribution in [3.05, 3.63) is 22.8 Å². The summed E-state index contributed by atoms with van der Waals surface area (Å²) in [5.74, 6) is -0.0113. The number of rotatable bonds is 4. The van der Waals surface area contributed by atoms with Crippen LogP contribution < -0.4 is 4.90 Å². The third-order valence-electron chi connectivity index (χ3n) is 3.96. The third kappa shape index (κ3) is 3.57. The number of hydrogen-bond acceptors (Lipinski definition) is 8. The van der Waals surface area contributed by atoms with Gasteiger partial charge in [-0.15, -0.1) is 0 Å². The van der Waals surface area contributed by atoms with Crippen LogP contribution in [0.15, 0.2) is 21.5 Å². The smallest absolute Gasteiger partial charge is 0.328 e. The molecule has 0 N–H and O–H groups in total. The summed E-state index contributed by atoms with van der Waals surface area (Å²) in [6, 6.07) is 2.59. The molecule has 2 amide bonds. The first-order chi connectivity index (χ1) is 12.0. The lowest BCUT2D eigenvalue weighted by Crippen LogP contribution is -2.42. The quantitative estimate of drug-likeness (QED) is 0.588. The number of morpholine rings is 1. The van der Waals surface area contributed by atoms with Crippen molar-refractivity contribution >= 4 is 40.8 Å². The molecule has 25 heavy (non-hydrogen) atoms. The van der Waals surface area contributed by atoms with E-state index in [0.717, 1.165) is 29.8 Å². The van der Waals surface area contributed by atoms with Crippen LogP contribution >= 0.6 is 11.8 Å². The van der Waals surface area contributed by atoms with Gasteiger partial charge in [-0.2, -0.15) is 0 Å². The van der Waals surface area contributed by atoms with Gasteiger partial charge < -0.3 is 18.8 Å². The molecule has 1 aromatic rings. The van der Waals surface area contributed by atoms with Crippen molar-refractivity contribution in [2.24, 2.45) is 0 Å². The van der Waals surface area contributed by atoms with Crippen LogP contribution in [0, 0.1) is 0 Å². The minimum absolute atomic E-state index is 0.212. The van der Waals surface area contributed by atoms with E-state index in [4.69, 9.17) is 9.15 Å². The number of carbonyl (C=O) groups excluding carboxylic acids is 3. The van der Waals surface area contributed by atoms with Crippen LogP contribution in [0.2, 0.25) is 0 Å². The van der Waals surface area contributed by atoms with Gasteiger partial charge in [0, 0.05) is 25.2 Å². The number of ether oxygens (including phenoxy) is 2. The highest BCUT2D eigenvalue weighted by molar-refractivity contribution is 8.18. The maximum absolute atomic E-state index is 12.4. The van der Waals surface area contributed by atoms with Gasteiger partial charge in [0.25, 0.3) is 11.1 Å². The molecular weight excluding hydrogens is 348 g/mol. The molecule has 3 heterocycles. The van der Waals surface area contributed by atoms with Gasteiger partial charge in [0.15, 0.2) is 5.88 Å². The summed E-state index contributed by atoms with van der Waals surface area (Å²) in [5, 5.41) is -0.505. The molecule has 134 valence electrons. The highest BCUT2D eigenvalue weighted by atomic mass is 32.2. The molecular formula is C16H18N2O6S. The molecule has 8 nitrogen and oxygen atoms in total. The summed E-state index contributed by atoms with van der Waals surface area (Å²) >= 11 is 0.775. The number of methoxy groups -OCH3 is 1. The molecule has 9 heteroatoms. The first-order valence-electron chi connectivity index (χ1n) is 7.78. The SMILES string of the molecule is COC(=O)[C@H](C)N1C(=O)SC(=Cc2ccc(N3CCOCC3)o2)C1=O. The normalized spacial score (nSPS) is 21.1. The zero-order valence-corrected chi connectivity index (χ0v) is 14.7. The Labute approximate surface area is 148 Å². The van der Waals surface area contributed by atoms with E-state index in [1.165, 1.54) is 20.1 Å². The van der Waals surface area contributed by atoms with Crippen LogP contribution in [0.4, 0.5) is 10.7 Å². The van der Waals surface area contributed by atoms with E-state index in [1.54, 1.807) is 6.07 Å². The predicted molar refractivity (Wildman–Crippen MR) is 91.0 cm³/mol.